The van der Waals surface area contributed by atoms with Gasteiger partial charge in [0.1, 0.15) is 17.2 Å². The first-order valence-electron chi connectivity index (χ1n) is 9.24. The van der Waals surface area contributed by atoms with Gasteiger partial charge >= 0.3 is 0 Å². The number of aliphatic imine (C=N–C) groups is 1. The van der Waals surface area contributed by atoms with E-state index in [0.717, 1.165) is 17.2 Å². The molecule has 3 rings (SSSR count). The lowest BCUT2D eigenvalue weighted by Crippen LogP contribution is -2.28. The minimum Gasteiger partial charge on any atom is -0.497 e. The molecule has 1 atom stereocenters. The van der Waals surface area contributed by atoms with Crippen LogP contribution in [0.3, 0.4) is 0 Å². The molecule has 1 unspecified atom stereocenters. The molecule has 0 amide bonds. The highest BCUT2D eigenvalue weighted by atomic mass is 16.5. The van der Waals surface area contributed by atoms with Crippen molar-refractivity contribution in [3.8, 4) is 17.2 Å². The fraction of sp³-hybridized carbons (Fsp3) is 0.208. The monoisotopic (exact) mass is 375 g/mol. The zero-order valence-electron chi connectivity index (χ0n) is 16.7. The van der Waals surface area contributed by atoms with Gasteiger partial charge in [0.15, 0.2) is 6.10 Å². The van der Waals surface area contributed by atoms with E-state index in [1.807, 2.05) is 93.6 Å². The zero-order chi connectivity index (χ0) is 19.9. The second kappa shape index (κ2) is 9.09. The van der Waals surface area contributed by atoms with E-state index < -0.39 is 0 Å². The van der Waals surface area contributed by atoms with Gasteiger partial charge < -0.3 is 14.2 Å². The van der Waals surface area contributed by atoms with Crippen molar-refractivity contribution < 1.29 is 14.2 Å². The molecular weight excluding hydrogens is 350 g/mol. The van der Waals surface area contributed by atoms with Crippen LogP contribution in [-0.2, 0) is 0 Å². The Balaban J connectivity index is 1.88. The second-order valence-electron chi connectivity index (χ2n) is 6.64. The van der Waals surface area contributed by atoms with Crippen molar-refractivity contribution in [3.63, 3.8) is 0 Å². The summed E-state index contributed by atoms with van der Waals surface area (Å²) in [4.78, 5) is 4.69. The summed E-state index contributed by atoms with van der Waals surface area (Å²) in [5, 5.41) is 0. The molecule has 0 N–H and O–H groups in total. The molecule has 144 valence electrons. The number of nitrogens with zero attached hydrogens (tertiary/aromatic N) is 1. The lowest BCUT2D eigenvalue weighted by molar-refractivity contribution is 0.262. The van der Waals surface area contributed by atoms with E-state index in [0.29, 0.717) is 11.6 Å². The SMILES string of the molecule is COc1cccc(OC(=Nc2ccc(C)cc2)C(C)Oc2ccc(C)cc2)c1. The Morgan fingerprint density at radius 1 is 0.786 bits per heavy atom. The molecule has 0 heterocycles. The van der Waals surface area contributed by atoms with Crippen LogP contribution in [0.2, 0.25) is 0 Å². The van der Waals surface area contributed by atoms with E-state index in [1.165, 1.54) is 11.1 Å². The lowest BCUT2D eigenvalue weighted by atomic mass is 10.2. The topological polar surface area (TPSA) is 40.0 Å². The predicted molar refractivity (Wildman–Crippen MR) is 113 cm³/mol. The van der Waals surface area contributed by atoms with Crippen LogP contribution < -0.4 is 14.2 Å². The van der Waals surface area contributed by atoms with Crippen LogP contribution in [0.4, 0.5) is 5.69 Å². The number of hydrogen-bond donors (Lipinski definition) is 0. The van der Waals surface area contributed by atoms with Gasteiger partial charge in [0.25, 0.3) is 0 Å². The number of rotatable bonds is 6. The van der Waals surface area contributed by atoms with Crippen molar-refractivity contribution in [2.75, 3.05) is 7.11 Å². The first kappa shape index (κ1) is 19.5. The number of benzene rings is 3. The average Bonchev–Trinajstić information content (AvgIpc) is 2.71. The number of ether oxygens (including phenoxy) is 3. The van der Waals surface area contributed by atoms with Crippen LogP contribution in [-0.4, -0.2) is 19.1 Å². The molecule has 4 heteroatoms. The summed E-state index contributed by atoms with van der Waals surface area (Å²) in [6.45, 7) is 6.01. The van der Waals surface area contributed by atoms with Crippen LogP contribution in [0.5, 0.6) is 17.2 Å². The van der Waals surface area contributed by atoms with Gasteiger partial charge in [0.05, 0.1) is 12.8 Å². The first-order valence-corrected chi connectivity index (χ1v) is 9.24. The number of hydrogen-bond acceptors (Lipinski definition) is 4. The molecule has 28 heavy (non-hydrogen) atoms. The van der Waals surface area contributed by atoms with Crippen LogP contribution in [0.1, 0.15) is 18.1 Å². The third-order valence-electron chi connectivity index (χ3n) is 4.22. The minimum atomic E-state index is -0.379. The van der Waals surface area contributed by atoms with Gasteiger partial charge in [-0.2, -0.15) is 0 Å². The number of aryl methyl sites for hydroxylation is 2. The normalized spacial score (nSPS) is 12.4. The Morgan fingerprint density at radius 3 is 2.04 bits per heavy atom. The highest BCUT2D eigenvalue weighted by Gasteiger charge is 2.16. The van der Waals surface area contributed by atoms with Gasteiger partial charge in [-0.1, -0.05) is 41.5 Å². The van der Waals surface area contributed by atoms with Gasteiger partial charge in [-0.15, -0.1) is 0 Å². The molecule has 0 aliphatic rings. The van der Waals surface area contributed by atoms with Crippen LogP contribution in [0.15, 0.2) is 77.8 Å². The maximum Gasteiger partial charge on any atom is 0.236 e. The summed E-state index contributed by atoms with van der Waals surface area (Å²) in [6, 6.07) is 23.3. The molecular formula is C24H25NO3. The standard InChI is InChI=1S/C24H25NO3/c1-17-8-12-20(13-9-17)25-24(28-23-7-5-6-22(16-23)26-4)19(3)27-21-14-10-18(2)11-15-21/h5-16,19H,1-4H3. The van der Waals surface area contributed by atoms with E-state index in [4.69, 9.17) is 19.2 Å². The Morgan fingerprint density at radius 2 is 1.39 bits per heavy atom. The maximum absolute atomic E-state index is 6.09. The molecule has 0 spiro atoms. The van der Waals surface area contributed by atoms with E-state index >= 15 is 0 Å². The lowest BCUT2D eigenvalue weighted by Gasteiger charge is -2.18. The Hall–Kier alpha value is -3.27. The van der Waals surface area contributed by atoms with Crippen LogP contribution >= 0.6 is 0 Å². The molecule has 0 aromatic heterocycles. The van der Waals surface area contributed by atoms with Gasteiger partial charge in [-0.3, -0.25) is 0 Å². The largest absolute Gasteiger partial charge is 0.497 e. The Kier molecular flexibility index (Phi) is 6.33. The second-order valence-corrected chi connectivity index (χ2v) is 6.64. The average molecular weight is 375 g/mol. The fourth-order valence-electron chi connectivity index (χ4n) is 2.60. The molecule has 0 saturated carbocycles. The fourth-order valence-corrected chi connectivity index (χ4v) is 2.60. The molecule has 0 fully saturated rings. The Labute approximate surface area is 166 Å². The number of methoxy groups -OCH3 is 1. The Bertz CT molecular complexity index is 931. The summed E-state index contributed by atoms with van der Waals surface area (Å²) >= 11 is 0. The summed E-state index contributed by atoms with van der Waals surface area (Å²) < 4.78 is 17.4. The van der Waals surface area contributed by atoms with Crippen molar-refractivity contribution in [3.05, 3.63) is 83.9 Å². The third-order valence-corrected chi connectivity index (χ3v) is 4.22. The van der Waals surface area contributed by atoms with Gasteiger partial charge in [-0.05, 0) is 57.2 Å². The van der Waals surface area contributed by atoms with Gasteiger partial charge in [-0.25, -0.2) is 4.99 Å². The molecule has 3 aromatic rings. The van der Waals surface area contributed by atoms with Crippen molar-refractivity contribution >= 4 is 11.6 Å². The smallest absolute Gasteiger partial charge is 0.236 e. The highest BCUT2D eigenvalue weighted by Crippen LogP contribution is 2.22. The predicted octanol–water partition coefficient (Wildman–Crippen LogP) is 5.89. The quantitative estimate of drug-likeness (QED) is 0.398. The summed E-state index contributed by atoms with van der Waals surface area (Å²) in [5.74, 6) is 2.60. The minimum absolute atomic E-state index is 0.379. The zero-order valence-corrected chi connectivity index (χ0v) is 16.7. The van der Waals surface area contributed by atoms with E-state index in [1.54, 1.807) is 7.11 Å². The molecule has 0 radical (unpaired) electrons. The van der Waals surface area contributed by atoms with Crippen molar-refractivity contribution in [1.82, 2.24) is 0 Å². The molecule has 0 aliphatic carbocycles. The van der Waals surface area contributed by atoms with Crippen molar-refractivity contribution in [2.24, 2.45) is 4.99 Å². The molecule has 0 aliphatic heterocycles. The first-order chi connectivity index (χ1) is 13.5. The van der Waals surface area contributed by atoms with Crippen LogP contribution in [0.25, 0.3) is 0 Å². The maximum atomic E-state index is 6.09. The van der Waals surface area contributed by atoms with Crippen molar-refractivity contribution in [2.45, 2.75) is 26.9 Å². The third kappa shape index (κ3) is 5.36. The van der Waals surface area contributed by atoms with E-state index in [2.05, 4.69) is 0 Å². The van der Waals surface area contributed by atoms with Crippen molar-refractivity contribution in [1.29, 1.82) is 0 Å². The van der Waals surface area contributed by atoms with Gasteiger partial charge in [0, 0.05) is 6.07 Å². The van der Waals surface area contributed by atoms with Crippen LogP contribution in [0, 0.1) is 13.8 Å². The molecule has 0 bridgehead atoms. The summed E-state index contributed by atoms with van der Waals surface area (Å²) in [5.41, 5.74) is 3.17. The van der Waals surface area contributed by atoms with Gasteiger partial charge in [0.2, 0.25) is 5.90 Å². The highest BCUT2D eigenvalue weighted by molar-refractivity contribution is 5.85. The molecule has 3 aromatic carbocycles. The summed E-state index contributed by atoms with van der Waals surface area (Å²) in [7, 11) is 1.63. The van der Waals surface area contributed by atoms with E-state index in [9.17, 15) is 0 Å². The summed E-state index contributed by atoms with van der Waals surface area (Å²) in [6.07, 6.45) is -0.379. The van der Waals surface area contributed by atoms with E-state index in [-0.39, 0.29) is 6.10 Å². The molecule has 4 nitrogen and oxygen atoms in total. The molecule has 0 saturated heterocycles.